The van der Waals surface area contributed by atoms with E-state index >= 15 is 0 Å². The molecule has 13 aromatic rings. The number of hydrogen-bond acceptors (Lipinski definition) is 33. The van der Waals surface area contributed by atoms with Crippen molar-refractivity contribution in [1.29, 1.82) is 5.26 Å². The van der Waals surface area contributed by atoms with Gasteiger partial charge in [0.1, 0.15) is 84.0 Å². The van der Waals surface area contributed by atoms with Gasteiger partial charge in [0.15, 0.2) is 69.8 Å². The number of aliphatic hydroxyl groups is 2. The minimum absolute atomic E-state index is 0.0232. The lowest BCUT2D eigenvalue weighted by molar-refractivity contribution is -0.106. The Morgan fingerprint density at radius 1 is 0.693 bits per heavy atom. The maximum Gasteiger partial charge on any atom is 0.565 e. The Morgan fingerprint density at radius 2 is 1.17 bits per heavy atom. The molecule has 0 aromatic carbocycles. The third-order valence-corrected chi connectivity index (χ3v) is 21.2. The zero-order valence-electron chi connectivity index (χ0n) is 71.0. The fourth-order valence-electron chi connectivity index (χ4n) is 12.6. The molecule has 46 heteroatoms. The number of hydrogen-bond donors (Lipinski definition) is 10. The Labute approximate surface area is 745 Å². The van der Waals surface area contributed by atoms with E-state index in [-0.39, 0.29) is 54.1 Å². The maximum atomic E-state index is 10.2. The highest BCUT2D eigenvalue weighted by Gasteiger charge is 2.38. The summed E-state index contributed by atoms with van der Waals surface area (Å²) in [6, 6.07) is 23.5. The molecule has 3 aliphatic heterocycles. The number of aromatic amines is 2. The molecule has 0 aliphatic carbocycles. The van der Waals surface area contributed by atoms with Crippen molar-refractivity contribution in [3.05, 3.63) is 181 Å². The van der Waals surface area contributed by atoms with Crippen LogP contribution in [0.3, 0.4) is 0 Å². The third-order valence-electron chi connectivity index (χ3n) is 18.2. The van der Waals surface area contributed by atoms with Crippen molar-refractivity contribution in [1.82, 2.24) is 79.4 Å². The summed E-state index contributed by atoms with van der Waals surface area (Å²) in [5.74, 6) is 13.6. The van der Waals surface area contributed by atoms with E-state index in [0.29, 0.717) is 157 Å². The van der Waals surface area contributed by atoms with Gasteiger partial charge in [0.2, 0.25) is 14.1 Å². The molecule has 10 atom stereocenters. The van der Waals surface area contributed by atoms with Gasteiger partial charge in [0.25, 0.3) is 16.7 Å². The van der Waals surface area contributed by atoms with Crippen LogP contribution >= 0.6 is 42.1 Å². The van der Waals surface area contributed by atoms with E-state index < -0.39 is 31.3 Å². The van der Waals surface area contributed by atoms with Crippen LogP contribution in [0, 0.1) is 42.9 Å². The van der Waals surface area contributed by atoms with Gasteiger partial charge in [-0.25, -0.2) is 53.8 Å². The van der Waals surface area contributed by atoms with Crippen molar-refractivity contribution >= 4 is 128 Å². The van der Waals surface area contributed by atoms with E-state index in [9.17, 15) is 15.0 Å². The number of aliphatic imine (C=N–C) groups is 1. The second-order valence-corrected chi connectivity index (χ2v) is 30.5. The first-order valence-corrected chi connectivity index (χ1v) is 41.8. The van der Waals surface area contributed by atoms with Crippen molar-refractivity contribution in [2.45, 2.75) is 148 Å². The molecule has 3 aliphatic rings. The Bertz CT molecular complexity index is 5660. The number of hydrazine groups is 1. The number of alkyl halides is 1. The molecule has 674 valence electrons. The fraction of sp³-hybridized carbons (Fsp3) is 0.370. The number of anilines is 3. The van der Waals surface area contributed by atoms with Crippen molar-refractivity contribution < 1.29 is 69.8 Å². The SMILES string of the molecule is CC(C)N(C(C)C)P(Cl)OCCC#N.CCC1OC(Cl)CC1C.CCC1OC(n2nc(-c3ccco3)c3c(N)ncnc32)CC1C.CN(C)C=Nc1ncnc2c1c(-c1ccco1)nn2C1CC(O)C(CO)O1.NC=O.NN.Nc1ncnc2n[nH]c(-c3ccco3)c12.O=C(Cl)c1ccco1.[C-]#[N+]C([N+]#[C-])=C(OC)c1ccco1.[C-]#[N+]c1c(N)n[nH]c1-c1ccco1. The van der Waals surface area contributed by atoms with E-state index in [2.05, 4.69) is 157 Å². The van der Waals surface area contributed by atoms with Crippen LogP contribution in [0.25, 0.3) is 99.2 Å². The van der Waals surface area contributed by atoms with E-state index in [1.54, 1.807) is 83.2 Å². The monoisotopic (exact) mass is 1830 g/mol. The Hall–Kier alpha value is -13.0. The van der Waals surface area contributed by atoms with Crippen molar-refractivity contribution in [2.75, 3.05) is 51.6 Å². The molecular formula is C81H99Cl3N27O15P. The second-order valence-electron chi connectivity index (χ2n) is 27.6. The minimum Gasteiger partial charge on any atom is -0.498 e. The Kier molecular flexibility index (Phi) is 40.9. The molecule has 16 rings (SSSR count). The van der Waals surface area contributed by atoms with Crippen LogP contribution in [0.15, 0.2) is 167 Å². The van der Waals surface area contributed by atoms with Crippen LogP contribution in [0.2, 0.25) is 0 Å². The van der Waals surface area contributed by atoms with Gasteiger partial charge in [-0.2, -0.15) is 35.3 Å². The van der Waals surface area contributed by atoms with Crippen molar-refractivity contribution in [3.63, 3.8) is 0 Å². The number of halogens is 3. The number of amides is 1. The van der Waals surface area contributed by atoms with E-state index in [0.717, 1.165) is 25.7 Å². The van der Waals surface area contributed by atoms with Gasteiger partial charge < -0.3 is 88.0 Å². The molecule has 16 N–H and O–H groups in total. The summed E-state index contributed by atoms with van der Waals surface area (Å²) in [6.07, 6.45) is 18.5. The van der Waals surface area contributed by atoms with Crippen LogP contribution in [-0.4, -0.2) is 184 Å². The first-order chi connectivity index (χ1) is 61.2. The quantitative estimate of drug-likeness (QED) is 0.00289. The number of nitrogens with one attached hydrogen (secondary N) is 2. The van der Waals surface area contributed by atoms with E-state index in [1.165, 1.54) is 50.9 Å². The second kappa shape index (κ2) is 51.4. The number of methoxy groups -OCH3 is 1. The molecule has 0 bridgehead atoms. The van der Waals surface area contributed by atoms with Crippen LogP contribution in [-0.2, 0) is 28.3 Å². The van der Waals surface area contributed by atoms with Crippen molar-refractivity contribution in [2.24, 2.45) is 34.2 Å². The summed E-state index contributed by atoms with van der Waals surface area (Å²) in [5, 5.41) is 51.8. The summed E-state index contributed by atoms with van der Waals surface area (Å²) in [7, 11) is 4.04. The normalized spacial score (nSPS) is 17.8. The summed E-state index contributed by atoms with van der Waals surface area (Å²) >= 11 is 16.9. The molecule has 0 radical (unpaired) electrons. The molecule has 42 nitrogen and oxygen atoms in total. The average molecular weight is 1830 g/mol. The smallest absolute Gasteiger partial charge is 0.498 e. The molecular weight excluding hydrogens is 1730 g/mol. The Morgan fingerprint density at radius 3 is 1.62 bits per heavy atom. The van der Waals surface area contributed by atoms with Crippen LogP contribution in [0.1, 0.15) is 123 Å². The molecule has 13 aromatic heterocycles. The number of nitrogens with two attached hydrogens (primary N) is 6. The lowest BCUT2D eigenvalue weighted by Crippen LogP contribution is -2.31. The zero-order chi connectivity index (χ0) is 92.8. The highest BCUT2D eigenvalue weighted by atomic mass is 35.7. The number of carbonyl (C=O) groups excluding carboxylic acids is 2. The molecule has 1 amide bonds. The molecule has 3 saturated heterocycles. The van der Waals surface area contributed by atoms with Gasteiger partial charge in [0.05, 0.1) is 118 Å². The minimum atomic E-state index is -1.08. The zero-order valence-corrected chi connectivity index (χ0v) is 74.2. The van der Waals surface area contributed by atoms with Gasteiger partial charge in [0, 0.05) is 32.6 Å². The van der Waals surface area contributed by atoms with E-state index in [1.807, 2.05) is 43.0 Å². The highest BCUT2D eigenvalue weighted by Crippen LogP contribution is 2.49. The van der Waals surface area contributed by atoms with E-state index in [4.69, 9.17) is 132 Å². The number of rotatable bonds is 20. The molecule has 127 heavy (non-hydrogen) atoms. The fourth-order valence-corrected chi connectivity index (χ4v) is 15.5. The number of furan rings is 6. The number of aliphatic hydroxyl groups excluding tert-OH is 2. The summed E-state index contributed by atoms with van der Waals surface area (Å²) in [6.45, 7) is 37.5. The van der Waals surface area contributed by atoms with Gasteiger partial charge in [-0.1, -0.05) is 39.3 Å². The van der Waals surface area contributed by atoms with Gasteiger partial charge in [-0.05, 0) is 161 Å². The molecule has 16 heterocycles. The summed E-state index contributed by atoms with van der Waals surface area (Å²) < 4.78 is 64.1. The number of fused-ring (bicyclic) bond motifs is 3. The van der Waals surface area contributed by atoms with Crippen LogP contribution in [0.4, 0.5) is 29.0 Å². The summed E-state index contributed by atoms with van der Waals surface area (Å²) in [5.41, 5.74) is 25.9. The largest absolute Gasteiger partial charge is 0.565 e. The molecule has 0 saturated carbocycles. The number of carbonyl (C=O) groups is 2. The number of primary amides is 1. The van der Waals surface area contributed by atoms with Crippen molar-refractivity contribution in [3.8, 4) is 51.9 Å². The van der Waals surface area contributed by atoms with Gasteiger partial charge in [-0.15, -0.1) is 0 Å². The number of nitrogen functional groups attached to an aromatic ring is 3. The predicted molar refractivity (Wildman–Crippen MR) is 476 cm³/mol. The summed E-state index contributed by atoms with van der Waals surface area (Å²) in [4.78, 5) is 59.3. The maximum absolute atomic E-state index is 10.2. The Balaban J connectivity index is 0.000000203. The first kappa shape index (κ1) is 101. The molecule has 10 unspecified atom stereocenters. The third kappa shape index (κ3) is 27.5. The van der Waals surface area contributed by atoms with Crippen LogP contribution in [0.5, 0.6) is 0 Å². The average Bonchev–Trinajstić information content (AvgIpc) is 1.61. The van der Waals surface area contributed by atoms with Crippen LogP contribution < -0.4 is 34.6 Å². The lowest BCUT2D eigenvalue weighted by Gasteiger charge is -2.32. The predicted octanol–water partition coefficient (Wildman–Crippen LogP) is 14.8. The van der Waals surface area contributed by atoms with Gasteiger partial charge in [-0.3, -0.25) is 31.5 Å². The number of nitrogens with zero attached hydrogens (tertiary/aromatic N) is 19. The molecule has 3 fully saturated rings. The number of aromatic nitrogens is 14. The van der Waals surface area contributed by atoms with Gasteiger partial charge >= 0.3 is 5.82 Å². The lowest BCUT2D eigenvalue weighted by atomic mass is 10.0. The topological polar surface area (TPSA) is 582 Å². The number of ether oxygens (including phenoxy) is 4. The highest BCUT2D eigenvalue weighted by molar-refractivity contribution is 7.78. The first-order valence-electron chi connectivity index (χ1n) is 38.9. The standard InChI is InChI=1S/C17H20N6O4.C16H19N5O2.C9H18ClN2OP.C9H7N5O.C9H6N2O2.C8H6N4O.C7H13ClO.C5H3ClO2.CH3NO.H4N2/c1-22(2)9-20-16-14-15(11-4-3-5-26-11)21-23(17(14)19-8-18-16)13-6-10(25)12(7-24)27-13;1-3-10-9(2)7-12(23-10)21-16-13(15(17)18-8-19-16)14(20-21)11-5-4-6-22-11;1-8(2)12(9(3)4)14(10)13-7-5-6-11;10-8-6-7(5-2-1-3-15-5)13-14-9(6)12-4-11-8;1-10-9(11-2)8(12-3)7-5-4-6-13-7;1-10-7-6(11-12-8(7)9)5-3-2-4-13-5;1-3-6-5(2)4-7(8)9-6;6-5(7)4-2-1-3-8-4;2-1-3;1-2/h3-5,8-10,12-13,24-25H,6-7H2,1-2H3;4-6,8-10,12H,3,7H2,1-2H3,(H2,17,18,19);8-9H,5,7H2,1-4H3;1-4H,(H3,10,11,12,13,14);4-6H,3H3;2-4H,(H3,9,11,12);5-7H,3-4H2,1-2H3;1-3H;1H,(H2,2,3);1-2H2. The number of nitriles is 1. The molecule has 0 spiro atoms. The number of H-pyrrole nitrogens is 2.